The molecule has 1 saturated carbocycles. The van der Waals surface area contributed by atoms with Gasteiger partial charge in [0.25, 0.3) is 5.56 Å². The lowest BCUT2D eigenvalue weighted by molar-refractivity contribution is -0.135. The molecule has 1 heterocycles. The standard InChI is InChI=1S/C28H35N3O3/c1-5-25(30(18-17-19(3)4)27(32)20-11-12-20)26-29-24-10-8-7-9-23(24)28(33)31(26)21-13-15-22(16-14-21)34-6-2/h7-10,13-16,19-20,25H,5-6,11-12,17-18H2,1-4H3. The minimum absolute atomic E-state index is 0.104. The fraction of sp³-hybridized carbons (Fsp3) is 0.464. The Kier molecular flexibility index (Phi) is 7.35. The fourth-order valence-corrected chi connectivity index (χ4v) is 4.41. The lowest BCUT2D eigenvalue weighted by atomic mass is 10.1. The van der Waals surface area contributed by atoms with Crippen molar-refractivity contribution in [3.63, 3.8) is 0 Å². The van der Waals surface area contributed by atoms with Gasteiger partial charge in [0, 0.05) is 12.5 Å². The fourth-order valence-electron chi connectivity index (χ4n) is 4.41. The number of carbonyl (C=O) groups excluding carboxylic acids is 1. The zero-order chi connectivity index (χ0) is 24.2. The van der Waals surface area contributed by atoms with E-state index in [4.69, 9.17) is 9.72 Å². The summed E-state index contributed by atoms with van der Waals surface area (Å²) >= 11 is 0. The first-order valence-corrected chi connectivity index (χ1v) is 12.5. The van der Waals surface area contributed by atoms with E-state index in [9.17, 15) is 9.59 Å². The number of aromatic nitrogens is 2. The predicted octanol–water partition coefficient (Wildman–Crippen LogP) is 5.52. The molecular weight excluding hydrogens is 426 g/mol. The molecule has 180 valence electrons. The molecule has 6 heteroatoms. The average Bonchev–Trinajstić information content (AvgIpc) is 3.68. The molecule has 6 nitrogen and oxygen atoms in total. The van der Waals surface area contributed by atoms with E-state index in [-0.39, 0.29) is 23.4 Å². The highest BCUT2D eigenvalue weighted by Crippen LogP contribution is 2.36. The molecule has 0 N–H and O–H groups in total. The van der Waals surface area contributed by atoms with Gasteiger partial charge in [-0.3, -0.25) is 14.2 Å². The maximum absolute atomic E-state index is 13.8. The van der Waals surface area contributed by atoms with E-state index in [1.54, 1.807) is 4.57 Å². The summed E-state index contributed by atoms with van der Waals surface area (Å²) in [6, 6.07) is 14.7. The molecule has 34 heavy (non-hydrogen) atoms. The van der Waals surface area contributed by atoms with Crippen LogP contribution in [-0.2, 0) is 4.79 Å². The average molecular weight is 462 g/mol. The first kappa shape index (κ1) is 24.0. The molecule has 1 aliphatic rings. The Balaban J connectivity index is 1.88. The minimum atomic E-state index is -0.282. The van der Waals surface area contributed by atoms with Crippen molar-refractivity contribution in [3.8, 4) is 11.4 Å². The van der Waals surface area contributed by atoms with Crippen molar-refractivity contribution in [1.29, 1.82) is 0 Å². The molecule has 1 unspecified atom stereocenters. The van der Waals surface area contributed by atoms with Gasteiger partial charge in [-0.2, -0.15) is 0 Å². The van der Waals surface area contributed by atoms with E-state index >= 15 is 0 Å². The van der Waals surface area contributed by atoms with Crippen molar-refractivity contribution in [2.24, 2.45) is 11.8 Å². The van der Waals surface area contributed by atoms with Crippen LogP contribution >= 0.6 is 0 Å². The van der Waals surface area contributed by atoms with E-state index < -0.39 is 0 Å². The van der Waals surface area contributed by atoms with Gasteiger partial charge in [-0.25, -0.2) is 4.98 Å². The van der Waals surface area contributed by atoms with Gasteiger partial charge in [0.15, 0.2) is 0 Å². The number of carbonyl (C=O) groups is 1. The molecule has 0 radical (unpaired) electrons. The molecule has 1 amide bonds. The number of ether oxygens (including phenoxy) is 1. The summed E-state index contributed by atoms with van der Waals surface area (Å²) in [7, 11) is 0. The lowest BCUT2D eigenvalue weighted by Crippen LogP contribution is -2.40. The van der Waals surface area contributed by atoms with Gasteiger partial charge >= 0.3 is 0 Å². The molecule has 2 aromatic carbocycles. The van der Waals surface area contributed by atoms with Crippen LogP contribution in [0.2, 0.25) is 0 Å². The van der Waals surface area contributed by atoms with E-state index in [0.717, 1.165) is 30.7 Å². The van der Waals surface area contributed by atoms with Crippen LogP contribution < -0.4 is 10.3 Å². The van der Waals surface area contributed by atoms with Crippen LogP contribution in [0, 0.1) is 11.8 Å². The van der Waals surface area contributed by atoms with Crippen molar-refractivity contribution in [3.05, 3.63) is 64.7 Å². The number of hydrogen-bond acceptors (Lipinski definition) is 4. The van der Waals surface area contributed by atoms with Crippen molar-refractivity contribution in [2.75, 3.05) is 13.2 Å². The minimum Gasteiger partial charge on any atom is -0.494 e. The van der Waals surface area contributed by atoms with Crippen LogP contribution in [0.1, 0.15) is 65.2 Å². The number of para-hydroxylation sites is 1. The van der Waals surface area contributed by atoms with Crippen LogP contribution in [0.25, 0.3) is 16.6 Å². The van der Waals surface area contributed by atoms with Gasteiger partial charge in [0.05, 0.1) is 29.2 Å². The number of amides is 1. The molecule has 0 spiro atoms. The van der Waals surface area contributed by atoms with Crippen molar-refractivity contribution in [2.45, 2.75) is 59.4 Å². The van der Waals surface area contributed by atoms with Crippen molar-refractivity contribution in [1.82, 2.24) is 14.5 Å². The molecule has 1 aromatic heterocycles. The summed E-state index contributed by atoms with van der Waals surface area (Å²) < 4.78 is 7.29. The number of fused-ring (bicyclic) bond motifs is 1. The van der Waals surface area contributed by atoms with Crippen LogP contribution in [0.4, 0.5) is 0 Å². The number of nitrogens with zero attached hydrogens (tertiary/aromatic N) is 3. The third kappa shape index (κ3) is 5.01. The molecule has 1 aliphatic carbocycles. The summed E-state index contributed by atoms with van der Waals surface area (Å²) in [6.45, 7) is 9.59. The largest absolute Gasteiger partial charge is 0.494 e. The molecule has 3 aromatic rings. The second-order valence-electron chi connectivity index (χ2n) is 9.47. The molecule has 0 bridgehead atoms. The summed E-state index contributed by atoms with van der Waals surface area (Å²) in [5, 5.41) is 0.567. The Morgan fingerprint density at radius 3 is 2.44 bits per heavy atom. The van der Waals surface area contributed by atoms with Gasteiger partial charge in [-0.15, -0.1) is 0 Å². The maximum atomic E-state index is 13.8. The van der Waals surface area contributed by atoms with E-state index in [1.165, 1.54) is 0 Å². The Labute approximate surface area is 201 Å². The van der Waals surface area contributed by atoms with E-state index in [1.807, 2.05) is 60.4 Å². The summed E-state index contributed by atoms with van der Waals surface area (Å²) in [5.74, 6) is 2.14. The smallest absolute Gasteiger partial charge is 0.266 e. The molecular formula is C28H35N3O3. The number of rotatable bonds is 10. The first-order valence-electron chi connectivity index (χ1n) is 12.5. The highest BCUT2D eigenvalue weighted by atomic mass is 16.5. The van der Waals surface area contributed by atoms with Crippen LogP contribution in [0.5, 0.6) is 5.75 Å². The summed E-state index contributed by atoms with van der Waals surface area (Å²) in [5.41, 5.74) is 1.26. The molecule has 1 fully saturated rings. The second kappa shape index (κ2) is 10.4. The van der Waals surface area contributed by atoms with Crippen molar-refractivity contribution >= 4 is 16.8 Å². The van der Waals surface area contributed by atoms with Gasteiger partial charge in [-0.1, -0.05) is 32.9 Å². The highest BCUT2D eigenvalue weighted by molar-refractivity contribution is 5.82. The number of hydrogen-bond donors (Lipinski definition) is 0. The SMILES string of the molecule is CCOc1ccc(-n2c(C(CC)N(CCC(C)C)C(=O)C3CC3)nc3ccccc3c2=O)cc1. The molecule has 1 atom stereocenters. The monoisotopic (exact) mass is 461 g/mol. The van der Waals surface area contributed by atoms with Crippen molar-refractivity contribution < 1.29 is 9.53 Å². The Morgan fingerprint density at radius 2 is 1.82 bits per heavy atom. The van der Waals surface area contributed by atoms with Crippen LogP contribution in [-0.4, -0.2) is 33.5 Å². The highest BCUT2D eigenvalue weighted by Gasteiger charge is 2.37. The van der Waals surface area contributed by atoms with Gasteiger partial charge < -0.3 is 9.64 Å². The lowest BCUT2D eigenvalue weighted by Gasteiger charge is -2.33. The summed E-state index contributed by atoms with van der Waals surface area (Å²) in [4.78, 5) is 34.1. The maximum Gasteiger partial charge on any atom is 0.266 e. The predicted molar refractivity (Wildman–Crippen MR) is 135 cm³/mol. The Hall–Kier alpha value is -3.15. The van der Waals surface area contributed by atoms with Crippen LogP contribution in [0.3, 0.4) is 0 Å². The first-order chi connectivity index (χ1) is 16.4. The van der Waals surface area contributed by atoms with Gasteiger partial charge in [-0.05, 0) is 74.9 Å². The normalized spacial score (nSPS) is 14.4. The Bertz CT molecular complexity index is 1200. The van der Waals surface area contributed by atoms with E-state index in [0.29, 0.717) is 42.2 Å². The third-order valence-corrected chi connectivity index (χ3v) is 6.43. The quantitative estimate of drug-likeness (QED) is 0.399. The third-order valence-electron chi connectivity index (χ3n) is 6.43. The second-order valence-corrected chi connectivity index (χ2v) is 9.47. The molecule has 0 aliphatic heterocycles. The Morgan fingerprint density at radius 1 is 1.12 bits per heavy atom. The number of benzene rings is 2. The van der Waals surface area contributed by atoms with Gasteiger partial charge in [0.2, 0.25) is 5.91 Å². The zero-order valence-electron chi connectivity index (χ0n) is 20.7. The zero-order valence-corrected chi connectivity index (χ0v) is 20.7. The van der Waals surface area contributed by atoms with E-state index in [2.05, 4.69) is 20.8 Å². The van der Waals surface area contributed by atoms with Gasteiger partial charge in [0.1, 0.15) is 11.6 Å². The molecule has 0 saturated heterocycles. The molecule has 4 rings (SSSR count). The topological polar surface area (TPSA) is 64.4 Å². The summed E-state index contributed by atoms with van der Waals surface area (Å²) in [6.07, 6.45) is 3.49. The van der Waals surface area contributed by atoms with Crippen LogP contribution in [0.15, 0.2) is 53.3 Å².